The molecule has 2 amide bonds. The Balaban J connectivity index is 1.79. The van der Waals surface area contributed by atoms with Gasteiger partial charge >= 0.3 is 0 Å². The molecule has 30 heavy (non-hydrogen) atoms. The number of hydrogen-bond acceptors (Lipinski definition) is 4. The molecule has 6 heteroatoms. The largest absolute Gasteiger partial charge is 0.399 e. The van der Waals surface area contributed by atoms with Crippen LogP contribution in [0.2, 0.25) is 0 Å². The highest BCUT2D eigenvalue weighted by atomic mass is 16.2. The molecular weight excluding hydrogens is 376 g/mol. The van der Waals surface area contributed by atoms with E-state index in [1.807, 2.05) is 19.1 Å². The standard InChI is InChI=1S/C24H26N4O2/c1-16(19-11-10-18-6-3-4-7-20(18)12-19)27-24(30)21(14-25)15-28(17(2)29)23-9-5-8-22(26)13-23/h5,8-13,15-16H,3-4,6-7,26H2,1-2H3,(H,27,30)/b21-15-. The summed E-state index contributed by atoms with van der Waals surface area (Å²) in [5.41, 5.74) is 10.3. The van der Waals surface area contributed by atoms with Gasteiger partial charge in [-0.25, -0.2) is 0 Å². The number of fused-ring (bicyclic) bond motifs is 1. The molecule has 0 saturated carbocycles. The highest BCUT2D eigenvalue weighted by molar-refractivity contribution is 6.01. The van der Waals surface area contributed by atoms with E-state index in [0.717, 1.165) is 18.4 Å². The van der Waals surface area contributed by atoms with Crippen LogP contribution in [-0.2, 0) is 22.4 Å². The normalized spacial score (nSPS) is 14.2. The first-order valence-electron chi connectivity index (χ1n) is 10.1. The molecule has 6 nitrogen and oxygen atoms in total. The van der Waals surface area contributed by atoms with Gasteiger partial charge in [-0.15, -0.1) is 0 Å². The molecule has 0 saturated heterocycles. The first-order chi connectivity index (χ1) is 14.4. The zero-order chi connectivity index (χ0) is 21.7. The monoisotopic (exact) mass is 402 g/mol. The molecule has 1 unspecified atom stereocenters. The summed E-state index contributed by atoms with van der Waals surface area (Å²) in [5, 5.41) is 12.4. The second kappa shape index (κ2) is 9.27. The highest BCUT2D eigenvalue weighted by Crippen LogP contribution is 2.25. The van der Waals surface area contributed by atoms with Crippen molar-refractivity contribution in [3.63, 3.8) is 0 Å². The molecule has 1 aliphatic rings. The van der Waals surface area contributed by atoms with Gasteiger partial charge in [-0.05, 0) is 67.5 Å². The van der Waals surface area contributed by atoms with Gasteiger partial charge in [0, 0.05) is 18.8 Å². The second-order valence-electron chi connectivity index (χ2n) is 7.57. The van der Waals surface area contributed by atoms with Crippen LogP contribution in [0.15, 0.2) is 54.2 Å². The number of hydrogen-bond donors (Lipinski definition) is 2. The van der Waals surface area contributed by atoms with Crippen LogP contribution in [0, 0.1) is 11.3 Å². The van der Waals surface area contributed by atoms with E-state index >= 15 is 0 Å². The summed E-state index contributed by atoms with van der Waals surface area (Å²) in [6.07, 6.45) is 5.81. The average molecular weight is 402 g/mol. The average Bonchev–Trinajstić information content (AvgIpc) is 2.73. The maximum absolute atomic E-state index is 12.7. The number of nitrogens with zero attached hydrogens (tertiary/aromatic N) is 2. The summed E-state index contributed by atoms with van der Waals surface area (Å²) >= 11 is 0. The van der Waals surface area contributed by atoms with Gasteiger partial charge in [0.1, 0.15) is 11.6 Å². The zero-order valence-electron chi connectivity index (χ0n) is 17.3. The third kappa shape index (κ3) is 4.87. The number of nitrogens with two attached hydrogens (primary N) is 1. The maximum atomic E-state index is 12.7. The van der Waals surface area contributed by atoms with E-state index in [9.17, 15) is 14.9 Å². The number of aryl methyl sites for hydroxylation is 2. The molecule has 3 rings (SSSR count). The number of carbonyl (C=O) groups excluding carboxylic acids is 2. The fraction of sp³-hybridized carbons (Fsp3) is 0.292. The zero-order valence-corrected chi connectivity index (χ0v) is 17.3. The van der Waals surface area contributed by atoms with Crippen LogP contribution >= 0.6 is 0 Å². The molecule has 0 aliphatic heterocycles. The maximum Gasteiger partial charge on any atom is 0.263 e. The lowest BCUT2D eigenvalue weighted by molar-refractivity contribution is -0.117. The quantitative estimate of drug-likeness (QED) is 0.451. The van der Waals surface area contributed by atoms with Crippen molar-refractivity contribution in [3.05, 3.63) is 70.9 Å². The Bertz CT molecular complexity index is 1040. The van der Waals surface area contributed by atoms with E-state index < -0.39 is 5.91 Å². The van der Waals surface area contributed by atoms with Crippen LogP contribution < -0.4 is 16.0 Å². The smallest absolute Gasteiger partial charge is 0.263 e. The topological polar surface area (TPSA) is 99.2 Å². The number of amides is 2. The number of rotatable bonds is 5. The molecule has 154 valence electrons. The number of anilines is 2. The minimum Gasteiger partial charge on any atom is -0.399 e. The molecular formula is C24H26N4O2. The van der Waals surface area contributed by atoms with Gasteiger partial charge in [-0.1, -0.05) is 24.3 Å². The molecule has 3 N–H and O–H groups in total. The van der Waals surface area contributed by atoms with Crippen molar-refractivity contribution in [2.24, 2.45) is 0 Å². The van der Waals surface area contributed by atoms with Crippen LogP contribution in [0.3, 0.4) is 0 Å². The van der Waals surface area contributed by atoms with Gasteiger partial charge < -0.3 is 11.1 Å². The summed E-state index contributed by atoms with van der Waals surface area (Å²) < 4.78 is 0. The van der Waals surface area contributed by atoms with Crippen molar-refractivity contribution in [2.45, 2.75) is 45.6 Å². The Kier molecular flexibility index (Phi) is 6.53. The number of carbonyl (C=O) groups is 2. The summed E-state index contributed by atoms with van der Waals surface area (Å²) in [4.78, 5) is 26.1. The highest BCUT2D eigenvalue weighted by Gasteiger charge is 2.19. The fourth-order valence-electron chi connectivity index (χ4n) is 3.67. The summed E-state index contributed by atoms with van der Waals surface area (Å²) in [6, 6.07) is 14.6. The van der Waals surface area contributed by atoms with Crippen LogP contribution in [0.1, 0.15) is 49.4 Å². The molecule has 0 fully saturated rings. The van der Waals surface area contributed by atoms with Crippen molar-refractivity contribution < 1.29 is 9.59 Å². The molecule has 0 aromatic heterocycles. The van der Waals surface area contributed by atoms with Crippen LogP contribution in [0.25, 0.3) is 0 Å². The van der Waals surface area contributed by atoms with E-state index in [4.69, 9.17) is 5.73 Å². The minimum absolute atomic E-state index is 0.155. The van der Waals surface area contributed by atoms with E-state index in [2.05, 4.69) is 17.4 Å². The molecule has 0 radical (unpaired) electrons. The summed E-state index contributed by atoms with van der Waals surface area (Å²) in [6.45, 7) is 3.25. The van der Waals surface area contributed by atoms with Crippen molar-refractivity contribution >= 4 is 23.2 Å². The molecule has 1 aliphatic carbocycles. The van der Waals surface area contributed by atoms with E-state index in [1.165, 1.54) is 42.0 Å². The molecule has 2 aromatic carbocycles. The number of nitriles is 1. The lowest BCUT2D eigenvalue weighted by Crippen LogP contribution is -2.30. The predicted molar refractivity (Wildman–Crippen MR) is 117 cm³/mol. The Morgan fingerprint density at radius 3 is 2.57 bits per heavy atom. The Labute approximate surface area is 177 Å². The van der Waals surface area contributed by atoms with Gasteiger partial charge in [0.15, 0.2) is 0 Å². The predicted octanol–water partition coefficient (Wildman–Crippen LogP) is 3.79. The molecule has 0 bridgehead atoms. The lowest BCUT2D eigenvalue weighted by Gasteiger charge is -2.21. The minimum atomic E-state index is -0.530. The third-order valence-corrected chi connectivity index (χ3v) is 5.33. The molecule has 1 atom stereocenters. The SMILES string of the molecule is CC(=O)N(/C=C(/C#N)C(=O)NC(C)c1ccc2c(c1)CCCC2)c1cccc(N)c1. The summed E-state index contributed by atoms with van der Waals surface area (Å²) in [5.74, 6) is -0.859. The van der Waals surface area contributed by atoms with Gasteiger partial charge in [-0.3, -0.25) is 14.5 Å². The Morgan fingerprint density at radius 2 is 1.90 bits per heavy atom. The fourth-order valence-corrected chi connectivity index (χ4v) is 3.67. The Hall–Kier alpha value is -3.59. The van der Waals surface area contributed by atoms with Crippen molar-refractivity contribution in [2.75, 3.05) is 10.6 Å². The van der Waals surface area contributed by atoms with Gasteiger partial charge in [-0.2, -0.15) is 5.26 Å². The van der Waals surface area contributed by atoms with E-state index in [-0.39, 0.29) is 17.5 Å². The number of benzene rings is 2. The van der Waals surface area contributed by atoms with E-state index in [1.54, 1.807) is 24.3 Å². The third-order valence-electron chi connectivity index (χ3n) is 5.33. The number of nitrogens with one attached hydrogen (secondary N) is 1. The molecule has 0 spiro atoms. The second-order valence-corrected chi connectivity index (χ2v) is 7.57. The van der Waals surface area contributed by atoms with Crippen LogP contribution in [-0.4, -0.2) is 11.8 Å². The lowest BCUT2D eigenvalue weighted by atomic mass is 9.89. The van der Waals surface area contributed by atoms with Gasteiger partial charge in [0.25, 0.3) is 5.91 Å². The molecule has 2 aromatic rings. The summed E-state index contributed by atoms with van der Waals surface area (Å²) in [7, 11) is 0. The molecule has 0 heterocycles. The number of nitrogen functional groups attached to an aromatic ring is 1. The van der Waals surface area contributed by atoms with Crippen molar-refractivity contribution in [3.8, 4) is 6.07 Å². The van der Waals surface area contributed by atoms with Crippen molar-refractivity contribution in [1.29, 1.82) is 5.26 Å². The van der Waals surface area contributed by atoms with E-state index in [0.29, 0.717) is 11.4 Å². The van der Waals surface area contributed by atoms with Crippen LogP contribution in [0.5, 0.6) is 0 Å². The van der Waals surface area contributed by atoms with Gasteiger partial charge in [0.2, 0.25) is 5.91 Å². The Morgan fingerprint density at radius 1 is 1.17 bits per heavy atom. The first-order valence-corrected chi connectivity index (χ1v) is 10.1. The van der Waals surface area contributed by atoms with Crippen molar-refractivity contribution in [1.82, 2.24) is 5.32 Å². The van der Waals surface area contributed by atoms with Crippen LogP contribution in [0.4, 0.5) is 11.4 Å². The first kappa shape index (κ1) is 21.1. The van der Waals surface area contributed by atoms with Gasteiger partial charge in [0.05, 0.1) is 11.7 Å².